The highest BCUT2D eigenvalue weighted by molar-refractivity contribution is 5.68. The maximum absolute atomic E-state index is 12.7. The monoisotopic (exact) mass is 509 g/mol. The van der Waals surface area contributed by atoms with Crippen molar-refractivity contribution in [3.63, 3.8) is 0 Å². The van der Waals surface area contributed by atoms with Gasteiger partial charge in [-0.3, -0.25) is 4.98 Å². The number of ether oxygens (including phenoxy) is 1. The number of benzene rings is 3. The maximum atomic E-state index is 12.7. The highest BCUT2D eigenvalue weighted by atomic mass is 16.5. The first-order chi connectivity index (χ1) is 18.5. The van der Waals surface area contributed by atoms with Crippen molar-refractivity contribution in [2.75, 3.05) is 0 Å². The smallest absolute Gasteiger partial charge is 0.407 e. The van der Waals surface area contributed by atoms with Crippen LogP contribution in [-0.2, 0) is 24.2 Å². The molecule has 3 aromatic carbocycles. The number of aliphatic hydroxyl groups is 1. The van der Waals surface area contributed by atoms with Gasteiger partial charge >= 0.3 is 6.09 Å². The van der Waals surface area contributed by atoms with E-state index in [2.05, 4.69) is 10.3 Å². The first-order valence-electron chi connectivity index (χ1n) is 12.9. The third-order valence-electron chi connectivity index (χ3n) is 6.52. The molecule has 0 aliphatic heterocycles. The molecule has 0 saturated carbocycles. The Labute approximate surface area is 224 Å². The molecule has 0 bridgehead atoms. The Kier molecular flexibility index (Phi) is 9.62. The zero-order valence-electron chi connectivity index (χ0n) is 21.7. The van der Waals surface area contributed by atoms with E-state index >= 15 is 0 Å². The lowest BCUT2D eigenvalue weighted by Crippen LogP contribution is -2.47. The number of alkyl carbamates (subject to hydrolysis) is 1. The van der Waals surface area contributed by atoms with Crippen molar-refractivity contribution >= 4 is 6.09 Å². The molecule has 1 aromatic heterocycles. The van der Waals surface area contributed by atoms with E-state index in [-0.39, 0.29) is 12.6 Å². The van der Waals surface area contributed by atoms with E-state index in [0.29, 0.717) is 19.3 Å². The molecule has 0 radical (unpaired) electrons. The minimum Gasteiger partial charge on any atom is -0.445 e. The molecule has 4 rings (SSSR count). The first kappa shape index (κ1) is 27.0. The van der Waals surface area contributed by atoms with Crippen LogP contribution >= 0.6 is 0 Å². The van der Waals surface area contributed by atoms with Gasteiger partial charge in [0.1, 0.15) is 6.61 Å². The molecule has 0 fully saturated rings. The normalized spacial score (nSPS) is 13.3. The van der Waals surface area contributed by atoms with Gasteiger partial charge in [0.2, 0.25) is 0 Å². The quantitative estimate of drug-likeness (QED) is 0.258. The Bertz CT molecular complexity index is 1260. The summed E-state index contributed by atoms with van der Waals surface area (Å²) in [7, 11) is 0. The molecular weight excluding hydrogens is 474 g/mol. The standard InChI is InChI=1S/C32H35N3O3/c1-23-12-15-28(21-34-23)27-16-13-25(14-17-27)19-30(35-32(37)38-22-26-10-6-3-7-11-26)31(36)20-29(33)18-24-8-4-2-5-9-24/h2-17,21,29-31,36H,18-20,22,33H2,1H3,(H,35,37)/t29-,30-,31-/m0/s1. The molecule has 196 valence electrons. The van der Waals surface area contributed by atoms with Crippen molar-refractivity contribution in [3.8, 4) is 11.1 Å². The van der Waals surface area contributed by atoms with E-state index in [1.807, 2.05) is 110 Å². The Hall–Kier alpha value is -4.00. The fourth-order valence-electron chi connectivity index (χ4n) is 4.40. The minimum atomic E-state index is -0.848. The van der Waals surface area contributed by atoms with Gasteiger partial charge in [-0.25, -0.2) is 4.79 Å². The molecule has 0 aliphatic rings. The molecule has 6 heteroatoms. The molecule has 6 nitrogen and oxygen atoms in total. The van der Waals surface area contributed by atoms with E-state index < -0.39 is 18.2 Å². The van der Waals surface area contributed by atoms with Crippen molar-refractivity contribution in [1.29, 1.82) is 0 Å². The van der Waals surface area contributed by atoms with E-state index in [9.17, 15) is 9.90 Å². The average molecular weight is 510 g/mol. The zero-order chi connectivity index (χ0) is 26.7. The molecular formula is C32H35N3O3. The SMILES string of the molecule is Cc1ccc(-c2ccc(C[C@H](NC(=O)OCc3ccccc3)[C@@H](O)C[C@@H](N)Cc3ccccc3)cc2)cn1. The van der Waals surface area contributed by atoms with Crippen molar-refractivity contribution in [1.82, 2.24) is 10.3 Å². The van der Waals surface area contributed by atoms with Crippen molar-refractivity contribution in [2.24, 2.45) is 5.73 Å². The van der Waals surface area contributed by atoms with E-state index in [4.69, 9.17) is 10.5 Å². The summed E-state index contributed by atoms with van der Waals surface area (Å²) in [4.78, 5) is 17.1. The summed E-state index contributed by atoms with van der Waals surface area (Å²) in [5, 5.41) is 14.0. The highest BCUT2D eigenvalue weighted by Crippen LogP contribution is 2.21. The van der Waals surface area contributed by atoms with Crippen LogP contribution in [0.3, 0.4) is 0 Å². The summed E-state index contributed by atoms with van der Waals surface area (Å²) in [6.45, 7) is 2.12. The summed E-state index contributed by atoms with van der Waals surface area (Å²) in [6.07, 6.45) is 1.85. The van der Waals surface area contributed by atoms with Gasteiger partial charge in [-0.1, -0.05) is 91.0 Å². The molecule has 1 heterocycles. The van der Waals surface area contributed by atoms with Gasteiger partial charge in [0.15, 0.2) is 0 Å². The number of amides is 1. The lowest BCUT2D eigenvalue weighted by Gasteiger charge is -2.26. The number of carbonyl (C=O) groups excluding carboxylic acids is 1. The van der Waals surface area contributed by atoms with Crippen LogP contribution in [0.5, 0.6) is 0 Å². The number of nitrogens with zero attached hydrogens (tertiary/aromatic N) is 1. The Morgan fingerprint density at radius 1 is 0.842 bits per heavy atom. The van der Waals surface area contributed by atoms with E-state index in [1.54, 1.807) is 0 Å². The highest BCUT2D eigenvalue weighted by Gasteiger charge is 2.25. The fourth-order valence-corrected chi connectivity index (χ4v) is 4.40. The number of aliphatic hydroxyl groups excluding tert-OH is 1. The minimum absolute atomic E-state index is 0.155. The van der Waals surface area contributed by atoms with Gasteiger partial charge < -0.3 is 20.9 Å². The fraction of sp³-hybridized carbons (Fsp3) is 0.250. The second-order valence-corrected chi connectivity index (χ2v) is 9.65. The molecule has 0 aliphatic carbocycles. The number of nitrogens with one attached hydrogen (secondary N) is 1. The number of aromatic nitrogens is 1. The topological polar surface area (TPSA) is 97.5 Å². The summed E-state index contributed by atoms with van der Waals surface area (Å²) in [5.41, 5.74) is 12.4. The molecule has 0 unspecified atom stereocenters. The molecule has 38 heavy (non-hydrogen) atoms. The summed E-state index contributed by atoms with van der Waals surface area (Å²) in [6, 6.07) is 30.7. The summed E-state index contributed by atoms with van der Waals surface area (Å²) >= 11 is 0. The van der Waals surface area contributed by atoms with Crippen LogP contribution < -0.4 is 11.1 Å². The lowest BCUT2D eigenvalue weighted by molar-refractivity contribution is 0.0922. The largest absolute Gasteiger partial charge is 0.445 e. The van der Waals surface area contributed by atoms with Gasteiger partial charge in [-0.05, 0) is 54.5 Å². The van der Waals surface area contributed by atoms with E-state index in [0.717, 1.165) is 33.5 Å². The number of hydrogen-bond donors (Lipinski definition) is 3. The third kappa shape index (κ3) is 8.26. The van der Waals surface area contributed by atoms with Gasteiger partial charge in [0, 0.05) is 23.5 Å². The van der Waals surface area contributed by atoms with Crippen LogP contribution in [0.1, 0.15) is 28.8 Å². The van der Waals surface area contributed by atoms with Crippen molar-refractivity contribution in [3.05, 3.63) is 126 Å². The number of aryl methyl sites for hydroxylation is 1. The molecule has 4 N–H and O–H groups in total. The third-order valence-corrected chi connectivity index (χ3v) is 6.52. The van der Waals surface area contributed by atoms with Gasteiger partial charge in [0.25, 0.3) is 0 Å². The second kappa shape index (κ2) is 13.5. The summed E-state index contributed by atoms with van der Waals surface area (Å²) in [5.74, 6) is 0. The molecule has 0 saturated heterocycles. The molecule has 4 aromatic rings. The first-order valence-corrected chi connectivity index (χ1v) is 12.9. The van der Waals surface area contributed by atoms with Crippen molar-refractivity contribution < 1.29 is 14.6 Å². The number of nitrogens with two attached hydrogens (primary N) is 1. The number of carbonyl (C=O) groups is 1. The Balaban J connectivity index is 1.42. The number of rotatable bonds is 11. The van der Waals surface area contributed by atoms with Crippen LogP contribution in [0.15, 0.2) is 103 Å². The van der Waals surface area contributed by atoms with Crippen molar-refractivity contribution in [2.45, 2.75) is 51.0 Å². The number of hydrogen-bond acceptors (Lipinski definition) is 5. The average Bonchev–Trinajstić information content (AvgIpc) is 2.93. The Morgan fingerprint density at radius 3 is 2.08 bits per heavy atom. The van der Waals surface area contributed by atoms with Crippen LogP contribution in [-0.4, -0.2) is 34.4 Å². The predicted molar refractivity (Wildman–Crippen MR) is 150 cm³/mol. The van der Waals surface area contributed by atoms with Crippen LogP contribution in [0.25, 0.3) is 11.1 Å². The molecule has 0 spiro atoms. The van der Waals surface area contributed by atoms with Gasteiger partial charge in [-0.2, -0.15) is 0 Å². The van der Waals surface area contributed by atoms with Gasteiger partial charge in [0.05, 0.1) is 12.1 Å². The van der Waals surface area contributed by atoms with Crippen LogP contribution in [0.4, 0.5) is 4.79 Å². The molecule has 3 atom stereocenters. The summed E-state index contributed by atoms with van der Waals surface area (Å²) < 4.78 is 5.43. The maximum Gasteiger partial charge on any atom is 0.407 e. The van der Waals surface area contributed by atoms with Crippen LogP contribution in [0.2, 0.25) is 0 Å². The second-order valence-electron chi connectivity index (χ2n) is 9.65. The lowest BCUT2D eigenvalue weighted by atomic mass is 9.93. The Morgan fingerprint density at radius 2 is 1.45 bits per heavy atom. The van der Waals surface area contributed by atoms with Crippen LogP contribution in [0, 0.1) is 6.92 Å². The molecule has 1 amide bonds. The van der Waals surface area contributed by atoms with Gasteiger partial charge in [-0.15, -0.1) is 0 Å². The zero-order valence-corrected chi connectivity index (χ0v) is 21.7. The van der Waals surface area contributed by atoms with E-state index in [1.165, 1.54) is 0 Å². The number of pyridine rings is 1. The predicted octanol–water partition coefficient (Wildman–Crippen LogP) is 5.22.